The predicted molar refractivity (Wildman–Crippen MR) is 558 cm³/mol. The van der Waals surface area contributed by atoms with E-state index in [4.69, 9.17) is 23.8 Å². The number of pyridine rings is 3. The van der Waals surface area contributed by atoms with Crippen molar-refractivity contribution < 1.29 is 101 Å². The van der Waals surface area contributed by atoms with E-state index < -0.39 is 5.97 Å². The van der Waals surface area contributed by atoms with Crippen molar-refractivity contribution in [1.29, 1.82) is 0 Å². The number of halogens is 1. The van der Waals surface area contributed by atoms with Crippen molar-refractivity contribution in [3.05, 3.63) is 282 Å². The van der Waals surface area contributed by atoms with Crippen LogP contribution in [0.5, 0.6) is 0 Å². The van der Waals surface area contributed by atoms with E-state index in [9.17, 15) is 48.3 Å². The number of amides is 7. The number of anilines is 9. The van der Waals surface area contributed by atoms with Crippen molar-refractivity contribution in [2.45, 2.75) is 92.4 Å². The minimum Gasteiger partial charge on any atom is -0.870 e. The van der Waals surface area contributed by atoms with Crippen LogP contribution in [0, 0.1) is 37.0 Å². The van der Waals surface area contributed by atoms with Gasteiger partial charge in [0, 0.05) is 219 Å². The third-order valence-corrected chi connectivity index (χ3v) is 31.3. The molecule has 35 heteroatoms. The first-order valence-electron chi connectivity index (χ1n) is 47.8. The van der Waals surface area contributed by atoms with Gasteiger partial charge in [0.25, 0.3) is 41.4 Å². The fourth-order valence-corrected chi connectivity index (χ4v) is 23.3. The van der Waals surface area contributed by atoms with Crippen molar-refractivity contribution in [1.82, 2.24) is 20.0 Å². The Kier molecular flexibility index (Phi) is 33.7. The van der Waals surface area contributed by atoms with Crippen molar-refractivity contribution in [2.75, 3.05) is 178 Å². The Morgan fingerprint density at radius 1 is 0.424 bits per heavy atom. The van der Waals surface area contributed by atoms with Gasteiger partial charge in [-0.15, -0.1) is 46.4 Å². The number of methoxy groups -OCH3 is 1. The first kappa shape index (κ1) is 105. The minimum absolute atomic E-state index is 0. The van der Waals surface area contributed by atoms with Gasteiger partial charge in [-0.1, -0.05) is 54.6 Å². The average molecular weight is 2020 g/mol. The molecule has 0 unspecified atom stereocenters. The molecule has 30 nitrogen and oxygen atoms in total. The van der Waals surface area contributed by atoms with E-state index in [1.807, 2.05) is 131 Å². The molecule has 7 amide bonds. The number of carbonyl (C=O) groups is 9. The number of fused-ring (bicyclic) bond motifs is 9. The van der Waals surface area contributed by atoms with Crippen LogP contribution in [0.4, 0.5) is 51.6 Å². The van der Waals surface area contributed by atoms with Crippen LogP contribution in [0.1, 0.15) is 177 Å². The number of carboxylic acid groups (broad SMARTS) is 1. The molecule has 0 saturated carbocycles. The summed E-state index contributed by atoms with van der Waals surface area (Å²) in [6.45, 7) is 22.0. The van der Waals surface area contributed by atoms with Gasteiger partial charge in [-0.25, -0.2) is 29.6 Å². The Morgan fingerprint density at radius 3 is 1.01 bits per heavy atom. The molecule has 6 saturated heterocycles. The number of ether oxygens (including phenoxy) is 5. The van der Waals surface area contributed by atoms with Gasteiger partial charge in [-0.2, -0.15) is 0 Å². The topological polar surface area (TPSA) is 357 Å². The number of hydrogen-bond acceptors (Lipinski definition) is 25. The Balaban J connectivity index is 0.000000158. The molecule has 9 aliphatic rings. The first-order chi connectivity index (χ1) is 68.3. The van der Waals surface area contributed by atoms with Crippen LogP contribution in [-0.2, 0) is 47.8 Å². The number of para-hydroxylation sites is 3. The molecule has 6 aromatic heterocycles. The number of hydrogen-bond donors (Lipinski definition) is 4. The summed E-state index contributed by atoms with van der Waals surface area (Å²) in [4.78, 5) is 154. The van der Waals surface area contributed by atoms with Crippen molar-refractivity contribution in [3.63, 3.8) is 0 Å². The van der Waals surface area contributed by atoms with Gasteiger partial charge in [0.15, 0.2) is 0 Å². The normalized spacial score (nSPS) is 16.0. The summed E-state index contributed by atoms with van der Waals surface area (Å²) in [7, 11) is 4.73. The molecule has 0 aliphatic carbocycles. The first-order valence-corrected chi connectivity index (χ1v) is 50.2. The quantitative estimate of drug-likeness (QED) is 0.0352. The van der Waals surface area contributed by atoms with Gasteiger partial charge >= 0.3 is 30.8 Å². The molecule has 5 N–H and O–H groups in total. The Labute approximate surface area is 866 Å². The van der Waals surface area contributed by atoms with Crippen molar-refractivity contribution in [3.8, 4) is 31.3 Å². The number of rotatable bonds is 18. The number of carbonyl (C=O) groups excluding carboxylic acids is 8. The molecule has 144 heavy (non-hydrogen) atoms. The van der Waals surface area contributed by atoms with E-state index in [2.05, 4.69) is 50.3 Å². The Morgan fingerprint density at radius 2 is 0.715 bits per heavy atom. The average Bonchev–Trinajstić information content (AvgIpc) is 1.14. The van der Waals surface area contributed by atoms with Gasteiger partial charge in [0.2, 0.25) is 0 Å². The number of nitrogens with zero attached hydrogens (tertiary/aromatic N) is 10. The van der Waals surface area contributed by atoms with Crippen LogP contribution in [0.15, 0.2) is 201 Å². The van der Waals surface area contributed by atoms with Crippen molar-refractivity contribution in [2.24, 2.45) is 16.2 Å². The maximum atomic E-state index is 13.9. The number of carboxylic acids is 1. The molecule has 3 spiro atoms. The van der Waals surface area contributed by atoms with Crippen LogP contribution in [-0.4, -0.2) is 217 Å². The van der Waals surface area contributed by atoms with E-state index in [1.54, 1.807) is 133 Å². The number of thiophene rings is 3. The van der Waals surface area contributed by atoms with Crippen LogP contribution in [0.3, 0.4) is 0 Å². The number of benzene rings is 6. The number of nitrogens with one attached hydrogen (secondary N) is 3. The predicted octanol–water partition coefficient (Wildman–Crippen LogP) is 16.0. The Bertz CT molecular complexity index is 6730. The fourth-order valence-electron chi connectivity index (χ4n) is 19.9. The standard InChI is InChI=1S/C36H37N5O5S.C36H36N4O5S.C34H32N4O5S.C3H8O.ClH.Li.H2O/c1-23-18-28(32(37-20-23)40-21-36(22-40)13-16-46-17-14-36)33(42)38-26-10-8-24(9-11-26)34(43)41-15-12-25-19-30(35(44)39(2)45-3)47-31(25)27-6-4-5-7-29(27)41;1-3-45-35(43)30-19-25-12-15-40(29-7-5-4-6-27(29)31(25)46-30)34(42)24-8-10-26(11-9-24)38-33(41)28-18-23(2)20-37-32(28)39-21-36(22-39)13-16-44-17-14-36;1-21-16-26(30(35-18-21)37-19-34(20-37)11-14-43-15-12-34)31(39)36-24-8-6-22(7-9-24)32(40)38-13-10-23-17-28(33(41)42)44-29(23)25-4-2-3-5-27(25)38;1-3-4-2;;;/h4-11,18-20H,12-17,21-22H2,1-3H3,(H,38,42);4-11,18-20H,3,12-17,21-22H2,1-2H3,(H,38,41);2-9,16-18H,10-15,19-20H2,1H3,(H,36,39)(H,41,42);3H2,1-2H3;1H;;1H2/q;;;;;+1;/p-1. The SMILES string of the molecule is CCOC.CCOC(=O)c1cc2c(s1)-c1ccccc1N(C(=O)c1ccc(NC(=O)c3cc(C)cnc3N3CC4(CCOCC4)C3)cc1)CC2.CON(C)C(=O)c1cc2c(s1)-c1ccccc1N(C(=O)c1ccc(NC(=O)c3cc(C)cnc3N3CC4(CCOCC4)C3)cc1)CC2.Cc1cnc(N2CC3(CCOCC3)C2)c(C(=O)Nc2ccc(C(=O)N3CCc4cc(C(=O)O)sc4-c4ccccc43)cc2)c1.Cl.[Li+].[OH-]. The van der Waals surface area contributed by atoms with E-state index in [-0.39, 0.29) is 100 Å². The van der Waals surface area contributed by atoms with Crippen LogP contribution < -0.4 is 64.2 Å². The third-order valence-electron chi connectivity index (χ3n) is 27.7. The van der Waals surface area contributed by atoms with E-state index in [0.29, 0.717) is 128 Å². The fraction of sp³-hybridized carbons (Fsp3) is 0.339. The molecule has 0 bridgehead atoms. The second-order valence-electron chi connectivity index (χ2n) is 37.3. The summed E-state index contributed by atoms with van der Waals surface area (Å²) in [5.74, 6) is -0.493. The second-order valence-corrected chi connectivity index (χ2v) is 40.5. The molecule has 12 aromatic rings. The maximum absolute atomic E-state index is 13.9. The number of esters is 1. The van der Waals surface area contributed by atoms with Gasteiger partial charge in [0.05, 0.1) is 52.3 Å². The van der Waals surface area contributed by atoms with Gasteiger partial charge in [-0.3, -0.25) is 38.4 Å². The smallest absolute Gasteiger partial charge is 0.870 e. The number of hydroxylamine groups is 2. The zero-order chi connectivity index (χ0) is 98.4. The molecular formula is C109H115ClLiN13O17S3. The largest absolute Gasteiger partial charge is 1.00 e. The molecule has 9 aliphatic heterocycles. The molecule has 6 fully saturated rings. The van der Waals surface area contributed by atoms with Crippen LogP contribution >= 0.6 is 46.4 Å². The summed E-state index contributed by atoms with van der Waals surface area (Å²) in [6.07, 6.45) is 13.4. The number of aromatic carboxylic acids is 1. The summed E-state index contributed by atoms with van der Waals surface area (Å²) >= 11 is 4.05. The van der Waals surface area contributed by atoms with Crippen LogP contribution in [0.25, 0.3) is 31.3 Å². The zero-order valence-corrected chi connectivity index (χ0v) is 85.3. The summed E-state index contributed by atoms with van der Waals surface area (Å²) in [5, 5.41) is 19.7. The van der Waals surface area contributed by atoms with E-state index >= 15 is 0 Å². The second kappa shape index (κ2) is 46.0. The van der Waals surface area contributed by atoms with Crippen LogP contribution in [0.2, 0.25) is 0 Å². The van der Waals surface area contributed by atoms with Crippen molar-refractivity contribution >= 4 is 151 Å². The number of aryl methyl sites for hydroxylation is 3. The molecule has 21 rings (SSSR count). The molecule has 6 aromatic carbocycles. The molecule has 0 radical (unpaired) electrons. The molecule has 0 atom stereocenters. The number of aromatic nitrogens is 3. The van der Waals surface area contributed by atoms with E-state index in [0.717, 1.165) is 206 Å². The van der Waals surface area contributed by atoms with Gasteiger partial charge < -0.3 is 79.6 Å². The summed E-state index contributed by atoms with van der Waals surface area (Å²) < 4.78 is 26.4. The monoisotopic (exact) mass is 2020 g/mol. The Hall–Kier alpha value is -12.9. The maximum Gasteiger partial charge on any atom is 1.00 e. The summed E-state index contributed by atoms with van der Waals surface area (Å²) in [6, 6.07) is 55.3. The van der Waals surface area contributed by atoms with Gasteiger partial charge in [0.1, 0.15) is 27.2 Å². The molecule has 744 valence electrons. The van der Waals surface area contributed by atoms with Gasteiger partial charge in [-0.05, 0) is 253 Å². The molecular weight excluding hydrogens is 1900 g/mol. The summed E-state index contributed by atoms with van der Waals surface area (Å²) in [5.41, 5.74) is 16.4. The minimum atomic E-state index is -0.945. The molecule has 15 heterocycles. The zero-order valence-electron chi connectivity index (χ0n) is 82.1. The third kappa shape index (κ3) is 22.6. The van der Waals surface area contributed by atoms with E-state index in [1.165, 1.54) is 46.2 Å².